The Hall–Kier alpha value is -5.10. The molecule has 0 radical (unpaired) electrons. The van der Waals surface area contributed by atoms with Crippen molar-refractivity contribution in [3.63, 3.8) is 0 Å². The molecule has 0 atom stereocenters. The highest BCUT2D eigenvalue weighted by atomic mass is 32.1. The molecule has 21 heteroatoms. The number of halogens is 6. The van der Waals surface area contributed by atoms with Crippen molar-refractivity contribution in [3.05, 3.63) is 138 Å². The third-order valence-electron chi connectivity index (χ3n) is 10.3. The van der Waals surface area contributed by atoms with Crippen LogP contribution in [0, 0.1) is 0 Å². The first-order valence-corrected chi connectivity index (χ1v) is 26.4. The number of rotatable bonds is 6. The number of carbonyl (C=O) groups is 6. The van der Waals surface area contributed by atoms with Crippen LogP contribution in [-0.2, 0) is 0 Å². The largest absolute Gasteiger partial charge is 0.371 e. The van der Waals surface area contributed by atoms with Crippen LogP contribution in [0.25, 0.3) is 58.5 Å². The number of carbonyl (C=O) groups excluding carboxylic acids is 6. The maximum absolute atomic E-state index is 13.9. The van der Waals surface area contributed by atoms with E-state index < -0.39 is 52.5 Å². The molecule has 9 heterocycles. The summed E-state index contributed by atoms with van der Waals surface area (Å²) in [4.78, 5) is 79.6. The van der Waals surface area contributed by atoms with Crippen LogP contribution in [0.4, 0.5) is 26.3 Å². The van der Waals surface area contributed by atoms with E-state index in [9.17, 15) is 55.1 Å². The van der Waals surface area contributed by atoms with Crippen LogP contribution < -0.4 is 0 Å². The lowest BCUT2D eigenvalue weighted by atomic mass is 10.1. The van der Waals surface area contributed by atoms with Gasteiger partial charge in [0.15, 0.2) is 0 Å². The first-order valence-electron chi connectivity index (χ1n) is 18.7. The Bertz CT molecular complexity index is 2820. The molecule has 3 aliphatic carbocycles. The molecule has 0 spiro atoms. The maximum Gasteiger partial charge on any atom is 0.371 e. The lowest BCUT2D eigenvalue weighted by Crippen LogP contribution is -2.30. The van der Waals surface area contributed by atoms with Crippen molar-refractivity contribution in [2.24, 2.45) is 0 Å². The van der Waals surface area contributed by atoms with Gasteiger partial charge in [-0.3, -0.25) is 28.8 Å². The van der Waals surface area contributed by atoms with Gasteiger partial charge in [0.2, 0.25) is 34.7 Å². The molecule has 0 N–H and O–H groups in total. The Morgan fingerprint density at radius 1 is 0.273 bits per heavy atom. The third kappa shape index (κ3) is 6.92. The highest BCUT2D eigenvalue weighted by Gasteiger charge is 2.60. The average Bonchev–Trinajstić information content (AvgIpc) is 4.16. The average molecular weight is 1060 g/mol. The second kappa shape index (κ2) is 16.6. The van der Waals surface area contributed by atoms with Gasteiger partial charge >= 0.3 is 17.8 Å². The van der Waals surface area contributed by atoms with E-state index in [1.165, 1.54) is 102 Å². The van der Waals surface area contributed by atoms with Gasteiger partial charge in [0.05, 0.1) is 62.6 Å². The number of Topliss-reactive ketones (excluding diaryl/α,β-unsaturated/α-hetero) is 6. The van der Waals surface area contributed by atoms with Crippen LogP contribution in [0.2, 0.25) is 0 Å². The fourth-order valence-electron chi connectivity index (χ4n) is 7.33. The van der Waals surface area contributed by atoms with Crippen LogP contribution in [0.1, 0.15) is 62.1 Å². The van der Waals surface area contributed by atoms with Gasteiger partial charge in [-0.2, -0.15) is 26.3 Å². The smallest absolute Gasteiger partial charge is 0.287 e. The van der Waals surface area contributed by atoms with E-state index in [0.29, 0.717) is 29.3 Å². The summed E-state index contributed by atoms with van der Waals surface area (Å²) in [6.07, 6.45) is 0. The molecule has 9 aromatic heterocycles. The van der Waals surface area contributed by atoms with Gasteiger partial charge < -0.3 is 0 Å². The van der Waals surface area contributed by atoms with Gasteiger partial charge in [-0.25, -0.2) is 0 Å². The molecule has 0 fully saturated rings. The summed E-state index contributed by atoms with van der Waals surface area (Å²) in [5, 5.41) is 10.9. The highest BCUT2D eigenvalue weighted by Crippen LogP contribution is 2.54. The minimum atomic E-state index is -3.95. The van der Waals surface area contributed by atoms with E-state index in [1.54, 1.807) is 72.8 Å². The Labute approximate surface area is 403 Å². The predicted molar refractivity (Wildman–Crippen MR) is 254 cm³/mol. The van der Waals surface area contributed by atoms with Crippen molar-refractivity contribution >= 4 is 137 Å². The molecule has 12 rings (SSSR count). The SMILES string of the molecule is O=C1c2c(-c3cccs3)sc(-c3cccs3)c2C(=O)C1(F)F.O=C1c2c(-c3cccs3)sc(-c3cccs3)c2C(=O)C1(F)F.O=C1c2c(-c3cccs3)sc(-c3cccs3)c2C(=O)C1(F)F. The number of thiophene rings is 9. The fourth-order valence-corrected chi connectivity index (χ4v) is 16.4. The van der Waals surface area contributed by atoms with Crippen LogP contribution in [0.3, 0.4) is 0 Å². The van der Waals surface area contributed by atoms with Crippen molar-refractivity contribution in [2.75, 3.05) is 0 Å². The summed E-state index contributed by atoms with van der Waals surface area (Å²) < 4.78 is 83.5. The fraction of sp³-hybridized carbons (Fsp3) is 0.0667. The van der Waals surface area contributed by atoms with Gasteiger partial charge in [0.25, 0.3) is 0 Å². The summed E-state index contributed by atoms with van der Waals surface area (Å²) in [5.41, 5.74) is -0.717. The van der Waals surface area contributed by atoms with Crippen LogP contribution in [-0.4, -0.2) is 52.5 Å². The minimum absolute atomic E-state index is 0.120. The minimum Gasteiger partial charge on any atom is -0.287 e. The molecule has 0 saturated carbocycles. The molecule has 0 amide bonds. The first-order chi connectivity index (χ1) is 31.5. The van der Waals surface area contributed by atoms with Gasteiger partial charge in [-0.15, -0.1) is 102 Å². The molecule has 6 nitrogen and oxygen atoms in total. The quantitative estimate of drug-likeness (QED) is 0.121. The van der Waals surface area contributed by atoms with E-state index in [2.05, 4.69) is 0 Å². The van der Waals surface area contributed by atoms with Gasteiger partial charge in [-0.05, 0) is 68.7 Å². The van der Waals surface area contributed by atoms with E-state index in [0.717, 1.165) is 29.3 Å². The summed E-state index contributed by atoms with van der Waals surface area (Å²) in [6, 6.07) is 21.3. The highest BCUT2D eigenvalue weighted by molar-refractivity contribution is 7.28. The number of hydrogen-bond donors (Lipinski definition) is 0. The van der Waals surface area contributed by atoms with E-state index >= 15 is 0 Å². The van der Waals surface area contributed by atoms with Crippen LogP contribution in [0.5, 0.6) is 0 Å². The molecule has 0 unspecified atom stereocenters. The number of hydrogen-bond acceptors (Lipinski definition) is 15. The monoisotopic (exact) mass is 1060 g/mol. The van der Waals surface area contributed by atoms with Gasteiger partial charge in [-0.1, -0.05) is 36.4 Å². The summed E-state index contributed by atoms with van der Waals surface area (Å²) in [6.45, 7) is 0. The molecule has 330 valence electrons. The zero-order chi connectivity index (χ0) is 46.4. The van der Waals surface area contributed by atoms with Crippen LogP contribution in [0.15, 0.2) is 105 Å². The van der Waals surface area contributed by atoms with E-state index in [-0.39, 0.29) is 33.4 Å². The van der Waals surface area contributed by atoms with Crippen molar-refractivity contribution in [2.45, 2.75) is 17.8 Å². The number of ketones is 6. The molecule has 0 saturated heterocycles. The van der Waals surface area contributed by atoms with E-state index in [1.807, 2.05) is 32.3 Å². The number of fused-ring (bicyclic) bond motifs is 3. The maximum atomic E-state index is 13.9. The van der Waals surface area contributed by atoms with Crippen molar-refractivity contribution in [1.82, 2.24) is 0 Å². The summed E-state index contributed by atoms with van der Waals surface area (Å²) in [7, 11) is 0. The van der Waals surface area contributed by atoms with Crippen LogP contribution >= 0.6 is 102 Å². The Balaban J connectivity index is 0.000000116. The second-order valence-electron chi connectivity index (χ2n) is 14.1. The standard InChI is InChI=1S/3C15H6F2O2S3/c3*16-15(17)13(18)9-10(14(15)19)12(8-4-2-6-21-8)22-11(9)7-3-1-5-20-7/h3*1-6H. The predicted octanol–water partition coefficient (Wildman–Crippen LogP) is 15.7. The molecule has 3 aliphatic rings. The Kier molecular flexibility index (Phi) is 11.2. The zero-order valence-electron chi connectivity index (χ0n) is 32.3. The molecule has 0 aromatic carbocycles. The molecular formula is C45H18F6O6S9. The topological polar surface area (TPSA) is 102 Å². The van der Waals surface area contributed by atoms with Crippen molar-refractivity contribution < 1.29 is 55.1 Å². The molecule has 0 bridgehead atoms. The Morgan fingerprint density at radius 3 is 0.545 bits per heavy atom. The lowest BCUT2D eigenvalue weighted by Gasteiger charge is -2.05. The third-order valence-corrected chi connectivity index (χ3v) is 20.1. The summed E-state index contributed by atoms with van der Waals surface area (Å²) in [5.74, 6) is -20.1. The Morgan fingerprint density at radius 2 is 0.424 bits per heavy atom. The molecule has 66 heavy (non-hydrogen) atoms. The second-order valence-corrected chi connectivity index (χ2v) is 22.8. The number of alkyl halides is 6. The van der Waals surface area contributed by atoms with Crippen molar-refractivity contribution in [3.8, 4) is 58.5 Å². The lowest BCUT2D eigenvalue weighted by molar-refractivity contribution is 0.0186. The molecular weight excluding hydrogens is 1040 g/mol. The molecule has 0 aliphatic heterocycles. The zero-order valence-corrected chi connectivity index (χ0v) is 39.6. The molecule has 9 aromatic rings. The first kappa shape index (κ1) is 44.7. The van der Waals surface area contributed by atoms with Gasteiger partial charge in [0.1, 0.15) is 0 Å². The van der Waals surface area contributed by atoms with Gasteiger partial charge in [0, 0.05) is 29.3 Å². The van der Waals surface area contributed by atoms with Crippen molar-refractivity contribution in [1.29, 1.82) is 0 Å². The normalized spacial score (nSPS) is 16.3. The van der Waals surface area contributed by atoms with E-state index in [4.69, 9.17) is 0 Å². The summed E-state index contributed by atoms with van der Waals surface area (Å²) >= 11 is 11.9.